The van der Waals surface area contributed by atoms with E-state index in [9.17, 15) is 9.59 Å². The van der Waals surface area contributed by atoms with E-state index in [0.29, 0.717) is 21.6 Å². The molecule has 7 nitrogen and oxygen atoms in total. The van der Waals surface area contributed by atoms with Gasteiger partial charge in [0.05, 0.1) is 5.56 Å². The van der Waals surface area contributed by atoms with Crippen LogP contribution in [-0.2, 0) is 9.53 Å². The zero-order valence-electron chi connectivity index (χ0n) is 14.7. The van der Waals surface area contributed by atoms with Gasteiger partial charge in [0.2, 0.25) is 0 Å². The van der Waals surface area contributed by atoms with Crippen molar-refractivity contribution in [2.45, 2.75) is 33.3 Å². The molecule has 0 unspecified atom stereocenters. The van der Waals surface area contributed by atoms with E-state index >= 15 is 0 Å². The number of carbonyl (C=O) groups is 2. The van der Waals surface area contributed by atoms with E-state index in [2.05, 4.69) is 29.5 Å². The van der Waals surface area contributed by atoms with Crippen molar-refractivity contribution < 1.29 is 14.3 Å². The number of thiazole rings is 1. The minimum absolute atomic E-state index is 0.163. The molecule has 0 aromatic carbocycles. The van der Waals surface area contributed by atoms with Crippen LogP contribution in [-0.4, -0.2) is 29.5 Å². The van der Waals surface area contributed by atoms with Gasteiger partial charge >= 0.3 is 5.97 Å². The number of aromatic nitrogens is 1. The standard InChI is InChI=1S/C17H20N4O3S2/c1-10(2)4-6-19-17-20-13(9-26-17)16(23)24-11(3)14(22)21-15-12(8-18)5-7-25-15/h5,7,9-11H,4,6H2,1-3H3,(H,19,20)(H,21,22)/t11-/m1/s1. The van der Waals surface area contributed by atoms with Gasteiger partial charge in [-0.15, -0.1) is 22.7 Å². The highest BCUT2D eigenvalue weighted by Crippen LogP contribution is 2.22. The quantitative estimate of drug-likeness (QED) is 0.664. The number of carbonyl (C=O) groups excluding carboxylic acids is 2. The number of thiophene rings is 1. The summed E-state index contributed by atoms with van der Waals surface area (Å²) in [5, 5.41) is 19.1. The monoisotopic (exact) mass is 392 g/mol. The van der Waals surface area contributed by atoms with E-state index in [1.807, 2.05) is 6.07 Å². The fraction of sp³-hybridized carbons (Fsp3) is 0.412. The van der Waals surface area contributed by atoms with E-state index in [0.717, 1.165) is 13.0 Å². The van der Waals surface area contributed by atoms with Crippen LogP contribution in [0.4, 0.5) is 10.1 Å². The first-order valence-corrected chi connectivity index (χ1v) is 9.85. The molecular formula is C17H20N4O3S2. The normalized spacial score (nSPS) is 11.7. The van der Waals surface area contributed by atoms with Gasteiger partial charge in [-0.05, 0) is 30.7 Å². The Morgan fingerprint density at radius 1 is 1.35 bits per heavy atom. The summed E-state index contributed by atoms with van der Waals surface area (Å²) >= 11 is 2.55. The number of ether oxygens (including phenoxy) is 1. The first kappa shape index (κ1) is 19.9. The van der Waals surface area contributed by atoms with Gasteiger partial charge in [-0.25, -0.2) is 9.78 Å². The molecule has 2 heterocycles. The predicted octanol–water partition coefficient (Wildman–Crippen LogP) is 3.72. The van der Waals surface area contributed by atoms with Crippen LogP contribution >= 0.6 is 22.7 Å². The highest BCUT2D eigenvalue weighted by atomic mass is 32.1. The smallest absolute Gasteiger partial charge is 0.358 e. The van der Waals surface area contributed by atoms with Crippen molar-refractivity contribution in [3.8, 4) is 6.07 Å². The molecular weight excluding hydrogens is 372 g/mol. The maximum Gasteiger partial charge on any atom is 0.358 e. The van der Waals surface area contributed by atoms with E-state index in [1.165, 1.54) is 29.6 Å². The first-order valence-electron chi connectivity index (χ1n) is 8.09. The minimum Gasteiger partial charge on any atom is -0.448 e. The molecule has 0 aliphatic rings. The summed E-state index contributed by atoms with van der Waals surface area (Å²) in [5.41, 5.74) is 0.536. The molecule has 0 saturated carbocycles. The molecule has 138 valence electrons. The lowest BCUT2D eigenvalue weighted by atomic mass is 10.1. The lowest BCUT2D eigenvalue weighted by Crippen LogP contribution is -2.30. The van der Waals surface area contributed by atoms with Crippen molar-refractivity contribution in [3.63, 3.8) is 0 Å². The van der Waals surface area contributed by atoms with Crippen LogP contribution in [0.15, 0.2) is 16.8 Å². The lowest BCUT2D eigenvalue weighted by Gasteiger charge is -2.12. The predicted molar refractivity (Wildman–Crippen MR) is 103 cm³/mol. The third-order valence-corrected chi connectivity index (χ3v) is 5.02. The number of nitrogens with zero attached hydrogens (tertiary/aromatic N) is 2. The van der Waals surface area contributed by atoms with Crippen LogP contribution in [0.25, 0.3) is 0 Å². The maximum atomic E-state index is 12.1. The molecule has 2 N–H and O–H groups in total. The number of esters is 1. The van der Waals surface area contributed by atoms with Crippen molar-refractivity contribution in [1.82, 2.24) is 4.98 Å². The van der Waals surface area contributed by atoms with E-state index in [1.54, 1.807) is 16.8 Å². The summed E-state index contributed by atoms with van der Waals surface area (Å²) in [6, 6.07) is 3.60. The van der Waals surface area contributed by atoms with E-state index < -0.39 is 18.0 Å². The largest absolute Gasteiger partial charge is 0.448 e. The Morgan fingerprint density at radius 2 is 2.12 bits per heavy atom. The zero-order valence-corrected chi connectivity index (χ0v) is 16.4. The molecule has 0 saturated heterocycles. The average molecular weight is 393 g/mol. The van der Waals surface area contributed by atoms with Crippen LogP contribution in [0.2, 0.25) is 0 Å². The summed E-state index contributed by atoms with van der Waals surface area (Å²) in [6.07, 6.45) is -0.000512. The first-order chi connectivity index (χ1) is 12.4. The minimum atomic E-state index is -1.00. The van der Waals surface area contributed by atoms with Gasteiger partial charge in [0.25, 0.3) is 5.91 Å². The number of nitrogens with one attached hydrogen (secondary N) is 2. The van der Waals surface area contributed by atoms with E-state index in [4.69, 9.17) is 10.00 Å². The topological polar surface area (TPSA) is 104 Å². The molecule has 0 aliphatic carbocycles. The zero-order chi connectivity index (χ0) is 19.1. The van der Waals surface area contributed by atoms with Crippen molar-refractivity contribution in [2.24, 2.45) is 5.92 Å². The van der Waals surface area contributed by atoms with Crippen LogP contribution in [0.1, 0.15) is 43.2 Å². The summed E-state index contributed by atoms with van der Waals surface area (Å²) < 4.78 is 5.16. The number of rotatable bonds is 8. The lowest BCUT2D eigenvalue weighted by molar-refractivity contribution is -0.123. The molecule has 2 aromatic rings. The third-order valence-electron chi connectivity index (χ3n) is 3.39. The number of hydrogen-bond acceptors (Lipinski definition) is 8. The molecule has 0 bridgehead atoms. The Kier molecular flexibility index (Phi) is 7.12. The number of amides is 1. The molecule has 26 heavy (non-hydrogen) atoms. The van der Waals surface area contributed by atoms with Gasteiger partial charge in [-0.1, -0.05) is 13.8 Å². The van der Waals surface area contributed by atoms with Crippen molar-refractivity contribution >= 4 is 44.7 Å². The molecule has 0 spiro atoms. The SMILES string of the molecule is CC(C)CCNc1nc(C(=O)O[C@H](C)C(=O)Nc2sccc2C#N)cs1. The summed E-state index contributed by atoms with van der Waals surface area (Å²) in [5.74, 6) is -0.577. The van der Waals surface area contributed by atoms with Gasteiger partial charge in [0, 0.05) is 11.9 Å². The molecule has 0 fully saturated rings. The summed E-state index contributed by atoms with van der Waals surface area (Å²) in [7, 11) is 0. The van der Waals surface area contributed by atoms with Crippen LogP contribution in [0.5, 0.6) is 0 Å². The van der Waals surface area contributed by atoms with Crippen molar-refractivity contribution in [2.75, 3.05) is 17.2 Å². The second-order valence-corrected chi connectivity index (χ2v) is 7.73. The Morgan fingerprint density at radius 3 is 2.81 bits per heavy atom. The number of anilines is 2. The fourth-order valence-electron chi connectivity index (χ4n) is 1.90. The third kappa shape index (κ3) is 5.54. The highest BCUT2D eigenvalue weighted by Gasteiger charge is 2.22. The summed E-state index contributed by atoms with van der Waals surface area (Å²) in [4.78, 5) is 28.5. The molecule has 1 atom stereocenters. The molecule has 2 rings (SSSR count). The Hall–Kier alpha value is -2.44. The number of hydrogen-bond donors (Lipinski definition) is 2. The van der Waals surface area contributed by atoms with Gasteiger partial charge in [0.15, 0.2) is 16.9 Å². The Balaban J connectivity index is 1.87. The molecule has 1 amide bonds. The van der Waals surface area contributed by atoms with Gasteiger partial charge < -0.3 is 15.4 Å². The summed E-state index contributed by atoms with van der Waals surface area (Å²) in [6.45, 7) is 6.52. The van der Waals surface area contributed by atoms with Crippen LogP contribution in [0.3, 0.4) is 0 Å². The molecule has 0 radical (unpaired) electrons. The highest BCUT2D eigenvalue weighted by molar-refractivity contribution is 7.14. The second kappa shape index (κ2) is 9.31. The average Bonchev–Trinajstić information content (AvgIpc) is 3.23. The molecule has 0 aliphatic heterocycles. The van der Waals surface area contributed by atoms with Gasteiger partial charge in [-0.3, -0.25) is 4.79 Å². The number of nitriles is 1. The van der Waals surface area contributed by atoms with Crippen molar-refractivity contribution in [1.29, 1.82) is 5.26 Å². The van der Waals surface area contributed by atoms with Gasteiger partial charge in [0.1, 0.15) is 11.1 Å². The maximum absolute atomic E-state index is 12.1. The second-order valence-electron chi connectivity index (χ2n) is 5.96. The molecule has 9 heteroatoms. The van der Waals surface area contributed by atoms with Gasteiger partial charge in [-0.2, -0.15) is 5.26 Å². The molecule has 2 aromatic heterocycles. The Labute approximate surface area is 160 Å². The van der Waals surface area contributed by atoms with E-state index in [-0.39, 0.29) is 5.69 Å². The van der Waals surface area contributed by atoms with Crippen molar-refractivity contribution in [3.05, 3.63) is 28.1 Å². The fourth-order valence-corrected chi connectivity index (χ4v) is 3.35. The van der Waals surface area contributed by atoms with Crippen LogP contribution < -0.4 is 10.6 Å². The Bertz CT molecular complexity index is 807. The van der Waals surface area contributed by atoms with Crippen LogP contribution in [0, 0.1) is 17.2 Å².